The van der Waals surface area contributed by atoms with Crippen molar-refractivity contribution in [2.45, 2.75) is 6.92 Å². The fourth-order valence-corrected chi connectivity index (χ4v) is 2.85. The summed E-state index contributed by atoms with van der Waals surface area (Å²) in [4.78, 5) is 27.8. The van der Waals surface area contributed by atoms with Crippen LogP contribution in [-0.2, 0) is 19.1 Å². The number of methoxy groups -OCH3 is 1. The molecule has 0 radical (unpaired) electrons. The van der Waals surface area contributed by atoms with Crippen molar-refractivity contribution >= 4 is 35.5 Å². The minimum absolute atomic E-state index is 0.0348. The van der Waals surface area contributed by atoms with Gasteiger partial charge in [-0.25, -0.2) is 19.0 Å². The van der Waals surface area contributed by atoms with Gasteiger partial charge in [-0.3, -0.25) is 0 Å². The van der Waals surface area contributed by atoms with Crippen LogP contribution in [0.25, 0.3) is 6.08 Å². The number of hydrogen-bond donors (Lipinski definition) is 0. The van der Waals surface area contributed by atoms with Crippen LogP contribution in [0.3, 0.4) is 0 Å². The average Bonchev–Trinajstić information content (AvgIpc) is 3.07. The van der Waals surface area contributed by atoms with Crippen molar-refractivity contribution in [3.05, 3.63) is 64.1 Å². The second-order valence-corrected chi connectivity index (χ2v) is 6.38. The number of aliphatic imine (C=N–C) groups is 1. The molecule has 7 nitrogen and oxygen atoms in total. The normalized spacial score (nSPS) is 14.3. The number of carbonyl (C=O) groups excluding carboxylic acids is 2. The Balaban J connectivity index is 1.85. The Kier molecular flexibility index (Phi) is 6.68. The summed E-state index contributed by atoms with van der Waals surface area (Å²) in [5, 5.41) is 0.166. The van der Waals surface area contributed by atoms with Crippen molar-refractivity contribution in [3.63, 3.8) is 0 Å². The molecule has 30 heavy (non-hydrogen) atoms. The lowest BCUT2D eigenvalue weighted by molar-refractivity contribution is -0.145. The van der Waals surface area contributed by atoms with E-state index >= 15 is 0 Å². The summed E-state index contributed by atoms with van der Waals surface area (Å²) in [6.07, 6.45) is 1.46. The Morgan fingerprint density at radius 2 is 2.00 bits per heavy atom. The topological polar surface area (TPSA) is 83.4 Å². The fourth-order valence-electron chi connectivity index (χ4n) is 2.58. The number of benzene rings is 2. The lowest BCUT2D eigenvalue weighted by atomic mass is 10.1. The quantitative estimate of drug-likeness (QED) is 0.488. The first kappa shape index (κ1) is 21.3. The van der Waals surface area contributed by atoms with Crippen LogP contribution in [0.15, 0.2) is 47.1 Å². The number of halogens is 2. The maximum atomic E-state index is 13.1. The summed E-state index contributed by atoms with van der Waals surface area (Å²) in [5.41, 5.74) is 0.996. The Bertz CT molecular complexity index is 1030. The number of hydrogen-bond acceptors (Lipinski definition) is 7. The van der Waals surface area contributed by atoms with Gasteiger partial charge < -0.3 is 18.9 Å². The Morgan fingerprint density at radius 1 is 1.27 bits per heavy atom. The molecule has 0 N–H and O–H groups in total. The van der Waals surface area contributed by atoms with E-state index < -0.39 is 17.8 Å². The van der Waals surface area contributed by atoms with Gasteiger partial charge in [-0.1, -0.05) is 11.6 Å². The van der Waals surface area contributed by atoms with E-state index in [0.717, 1.165) is 0 Å². The van der Waals surface area contributed by atoms with Crippen molar-refractivity contribution in [2.75, 3.05) is 20.3 Å². The molecule has 0 saturated heterocycles. The zero-order valence-corrected chi connectivity index (χ0v) is 16.9. The molecule has 0 unspecified atom stereocenters. The highest BCUT2D eigenvalue weighted by atomic mass is 35.5. The van der Waals surface area contributed by atoms with E-state index in [9.17, 15) is 14.0 Å². The number of ether oxygens (including phenoxy) is 4. The van der Waals surface area contributed by atoms with Crippen LogP contribution in [-0.4, -0.2) is 38.2 Å². The molecule has 1 aliphatic heterocycles. The van der Waals surface area contributed by atoms with Gasteiger partial charge in [0.25, 0.3) is 0 Å². The van der Waals surface area contributed by atoms with Gasteiger partial charge in [0.15, 0.2) is 23.8 Å². The first-order chi connectivity index (χ1) is 14.4. The van der Waals surface area contributed by atoms with E-state index in [2.05, 4.69) is 4.99 Å². The minimum Gasteiger partial charge on any atom is -0.493 e. The molecule has 156 valence electrons. The molecule has 9 heteroatoms. The van der Waals surface area contributed by atoms with Crippen LogP contribution in [0.4, 0.5) is 4.39 Å². The average molecular weight is 434 g/mol. The van der Waals surface area contributed by atoms with E-state index in [4.69, 9.17) is 30.5 Å². The van der Waals surface area contributed by atoms with Crippen molar-refractivity contribution in [1.82, 2.24) is 0 Å². The molecular weight excluding hydrogens is 417 g/mol. The minimum atomic E-state index is -0.660. The fraction of sp³-hybridized carbons (Fsp3) is 0.190. The van der Waals surface area contributed by atoms with Crippen molar-refractivity contribution in [3.8, 4) is 11.5 Å². The molecule has 0 bridgehead atoms. The number of carbonyl (C=O) groups is 2. The van der Waals surface area contributed by atoms with Gasteiger partial charge in [0.1, 0.15) is 5.82 Å². The summed E-state index contributed by atoms with van der Waals surface area (Å²) in [6, 6.07) is 8.49. The molecule has 0 aromatic heterocycles. The van der Waals surface area contributed by atoms with Crippen LogP contribution in [0, 0.1) is 5.82 Å². The Morgan fingerprint density at radius 3 is 2.67 bits per heavy atom. The molecule has 1 heterocycles. The number of nitrogens with zero attached hydrogens (tertiary/aromatic N) is 1. The third-order valence-corrected chi connectivity index (χ3v) is 4.19. The summed E-state index contributed by atoms with van der Waals surface area (Å²) >= 11 is 6.26. The number of cyclic esters (lactones) is 1. The molecule has 0 spiro atoms. The van der Waals surface area contributed by atoms with Gasteiger partial charge in [0, 0.05) is 5.56 Å². The Labute approximate surface area is 176 Å². The maximum absolute atomic E-state index is 13.1. The van der Waals surface area contributed by atoms with Crippen LogP contribution < -0.4 is 9.47 Å². The maximum Gasteiger partial charge on any atom is 0.363 e. The third-order valence-electron chi connectivity index (χ3n) is 3.91. The first-order valence-electron chi connectivity index (χ1n) is 8.85. The summed E-state index contributed by atoms with van der Waals surface area (Å²) in [7, 11) is 1.41. The van der Waals surface area contributed by atoms with Gasteiger partial charge >= 0.3 is 11.9 Å². The molecule has 0 fully saturated rings. The highest BCUT2D eigenvalue weighted by Crippen LogP contribution is 2.37. The SMILES string of the molecule is CCOC(=O)COc1c(Cl)cc(C=C2N=C(c3ccc(F)cc3)OC2=O)cc1OC. The zero-order chi connectivity index (χ0) is 21.7. The van der Waals surface area contributed by atoms with Gasteiger partial charge in [-0.2, -0.15) is 0 Å². The second kappa shape index (κ2) is 9.41. The lowest BCUT2D eigenvalue weighted by Gasteiger charge is -2.12. The largest absolute Gasteiger partial charge is 0.493 e. The molecule has 0 amide bonds. The van der Waals surface area contributed by atoms with E-state index in [1.807, 2.05) is 0 Å². The highest BCUT2D eigenvalue weighted by molar-refractivity contribution is 6.32. The molecule has 0 saturated carbocycles. The van der Waals surface area contributed by atoms with Crippen LogP contribution in [0.2, 0.25) is 5.02 Å². The first-order valence-corrected chi connectivity index (χ1v) is 9.23. The molecular formula is C21H17ClFNO6. The summed E-state index contributed by atoms with van der Waals surface area (Å²) in [6.45, 7) is 1.59. The molecule has 3 rings (SSSR count). The molecule has 0 aliphatic carbocycles. The van der Waals surface area contributed by atoms with E-state index in [-0.39, 0.29) is 41.3 Å². The highest BCUT2D eigenvalue weighted by Gasteiger charge is 2.24. The van der Waals surface area contributed by atoms with Crippen molar-refractivity contribution in [2.24, 2.45) is 4.99 Å². The van der Waals surface area contributed by atoms with Crippen LogP contribution in [0.1, 0.15) is 18.1 Å². The smallest absolute Gasteiger partial charge is 0.363 e. The predicted molar refractivity (Wildman–Crippen MR) is 107 cm³/mol. The Hall–Kier alpha value is -3.39. The van der Waals surface area contributed by atoms with E-state index in [1.165, 1.54) is 43.5 Å². The van der Waals surface area contributed by atoms with Crippen LogP contribution in [0.5, 0.6) is 11.5 Å². The van der Waals surface area contributed by atoms with Crippen molar-refractivity contribution in [1.29, 1.82) is 0 Å². The van der Waals surface area contributed by atoms with E-state index in [0.29, 0.717) is 11.1 Å². The molecule has 0 atom stereocenters. The molecule has 1 aliphatic rings. The summed E-state index contributed by atoms with van der Waals surface area (Å²) in [5.74, 6) is -1.12. The number of esters is 2. The number of rotatable bonds is 7. The van der Waals surface area contributed by atoms with Gasteiger partial charge in [-0.15, -0.1) is 0 Å². The standard InChI is InChI=1S/C21H17ClFNO6/c1-3-28-18(25)11-29-19-15(22)8-12(10-17(19)27-2)9-16-21(26)30-20(24-16)13-4-6-14(23)7-5-13/h4-10H,3,11H2,1-2H3. The van der Waals surface area contributed by atoms with E-state index in [1.54, 1.807) is 13.0 Å². The zero-order valence-electron chi connectivity index (χ0n) is 16.1. The lowest BCUT2D eigenvalue weighted by Crippen LogP contribution is -2.15. The third kappa shape index (κ3) is 4.96. The van der Waals surface area contributed by atoms with Gasteiger partial charge in [0.2, 0.25) is 5.90 Å². The second-order valence-electron chi connectivity index (χ2n) is 5.97. The van der Waals surface area contributed by atoms with Crippen LogP contribution >= 0.6 is 11.6 Å². The summed E-state index contributed by atoms with van der Waals surface area (Å²) < 4.78 is 33.7. The van der Waals surface area contributed by atoms with Gasteiger partial charge in [-0.05, 0) is 55.0 Å². The molecule has 2 aromatic carbocycles. The monoisotopic (exact) mass is 433 g/mol. The predicted octanol–water partition coefficient (Wildman–Crippen LogP) is 3.77. The van der Waals surface area contributed by atoms with Gasteiger partial charge in [0.05, 0.1) is 18.7 Å². The molecule has 2 aromatic rings. The van der Waals surface area contributed by atoms with Crippen molar-refractivity contribution < 1.29 is 32.9 Å².